The van der Waals surface area contributed by atoms with Gasteiger partial charge in [-0.25, -0.2) is 0 Å². The maximum absolute atomic E-state index is 11.9. The molecule has 1 aromatic heterocycles. The van der Waals surface area contributed by atoms with E-state index in [0.717, 1.165) is 12.0 Å². The molecular weight excluding hydrogens is 332 g/mol. The van der Waals surface area contributed by atoms with Crippen LogP contribution in [-0.4, -0.2) is 54.8 Å². The maximum atomic E-state index is 11.9. The molecule has 0 saturated carbocycles. The summed E-state index contributed by atoms with van der Waals surface area (Å²) in [5.41, 5.74) is 2.19. The summed E-state index contributed by atoms with van der Waals surface area (Å²) in [5.74, 6) is 1.50. The average Bonchev–Trinajstić information content (AvgIpc) is 3.07. The predicted octanol–water partition coefficient (Wildman–Crippen LogP) is 2.44. The van der Waals surface area contributed by atoms with Crippen LogP contribution >= 0.6 is 0 Å². The molecule has 142 valence electrons. The molecule has 0 aliphatic rings. The van der Waals surface area contributed by atoms with E-state index in [4.69, 9.17) is 9.26 Å². The molecule has 1 aromatic carbocycles. The third-order valence-electron chi connectivity index (χ3n) is 3.97. The number of aromatic nitrogens is 2. The van der Waals surface area contributed by atoms with Gasteiger partial charge in [0.05, 0.1) is 13.1 Å². The van der Waals surface area contributed by atoms with Crippen LogP contribution in [0.2, 0.25) is 0 Å². The first-order valence-corrected chi connectivity index (χ1v) is 8.86. The zero-order valence-electron chi connectivity index (χ0n) is 16.0. The Bertz CT molecular complexity index is 682. The number of amides is 1. The van der Waals surface area contributed by atoms with Crippen LogP contribution in [0.4, 0.5) is 0 Å². The molecule has 1 heterocycles. The minimum Gasteiger partial charge on any atom is -0.385 e. The zero-order chi connectivity index (χ0) is 18.9. The molecule has 0 atom stereocenters. The van der Waals surface area contributed by atoms with Crippen molar-refractivity contribution in [2.75, 3.05) is 33.9 Å². The Morgan fingerprint density at radius 3 is 2.69 bits per heavy atom. The van der Waals surface area contributed by atoms with E-state index in [1.54, 1.807) is 7.11 Å². The molecule has 7 nitrogen and oxygen atoms in total. The van der Waals surface area contributed by atoms with E-state index in [2.05, 4.69) is 41.4 Å². The third kappa shape index (κ3) is 6.24. The SMILES string of the molecule is COCCCNC(=O)CN(C)Cc1nc(-c2ccc(C(C)C)cc2)no1. The molecule has 0 aliphatic heterocycles. The van der Waals surface area contributed by atoms with E-state index >= 15 is 0 Å². The highest BCUT2D eigenvalue weighted by Gasteiger charge is 2.13. The van der Waals surface area contributed by atoms with Gasteiger partial charge in [0.15, 0.2) is 0 Å². The Hall–Kier alpha value is -2.25. The Kier molecular flexibility index (Phi) is 7.74. The second kappa shape index (κ2) is 10.0. The number of carbonyl (C=O) groups is 1. The van der Waals surface area contributed by atoms with Gasteiger partial charge < -0.3 is 14.6 Å². The van der Waals surface area contributed by atoms with E-state index in [9.17, 15) is 4.79 Å². The number of benzene rings is 1. The second-order valence-electron chi connectivity index (χ2n) is 6.66. The van der Waals surface area contributed by atoms with Crippen molar-refractivity contribution in [3.8, 4) is 11.4 Å². The highest BCUT2D eigenvalue weighted by molar-refractivity contribution is 5.77. The minimum atomic E-state index is -0.0346. The Balaban J connectivity index is 1.84. The van der Waals surface area contributed by atoms with Crippen LogP contribution in [0, 0.1) is 0 Å². The molecule has 1 amide bonds. The summed E-state index contributed by atoms with van der Waals surface area (Å²) in [6.45, 7) is 6.25. The quantitative estimate of drug-likeness (QED) is 0.656. The fourth-order valence-corrected chi connectivity index (χ4v) is 2.49. The van der Waals surface area contributed by atoms with E-state index in [1.807, 2.05) is 24.1 Å². The zero-order valence-corrected chi connectivity index (χ0v) is 16.0. The van der Waals surface area contributed by atoms with Crippen LogP contribution in [0.3, 0.4) is 0 Å². The van der Waals surface area contributed by atoms with Gasteiger partial charge in [-0.05, 0) is 24.9 Å². The Morgan fingerprint density at radius 2 is 2.04 bits per heavy atom. The van der Waals surface area contributed by atoms with Crippen LogP contribution < -0.4 is 5.32 Å². The van der Waals surface area contributed by atoms with E-state index < -0.39 is 0 Å². The topological polar surface area (TPSA) is 80.5 Å². The van der Waals surface area contributed by atoms with Crippen molar-refractivity contribution >= 4 is 5.91 Å². The molecule has 26 heavy (non-hydrogen) atoms. The summed E-state index contributed by atoms with van der Waals surface area (Å²) in [4.78, 5) is 18.1. The molecule has 0 bridgehead atoms. The number of likely N-dealkylation sites (N-methyl/N-ethyl adjacent to an activating group) is 1. The molecule has 2 aromatic rings. The van der Waals surface area contributed by atoms with E-state index in [-0.39, 0.29) is 12.5 Å². The van der Waals surface area contributed by atoms with E-state index in [1.165, 1.54) is 5.56 Å². The lowest BCUT2D eigenvalue weighted by molar-refractivity contribution is -0.122. The highest BCUT2D eigenvalue weighted by Crippen LogP contribution is 2.20. The molecular formula is C19H28N4O3. The summed E-state index contributed by atoms with van der Waals surface area (Å²) < 4.78 is 10.3. The van der Waals surface area contributed by atoms with Crippen molar-refractivity contribution < 1.29 is 14.1 Å². The molecule has 0 saturated heterocycles. The van der Waals surface area contributed by atoms with Crippen molar-refractivity contribution in [1.82, 2.24) is 20.4 Å². The summed E-state index contributed by atoms with van der Waals surface area (Å²) in [5, 5.41) is 6.89. The van der Waals surface area contributed by atoms with Gasteiger partial charge in [-0.3, -0.25) is 9.69 Å². The molecule has 0 fully saturated rings. The van der Waals surface area contributed by atoms with Crippen molar-refractivity contribution in [3.05, 3.63) is 35.7 Å². The van der Waals surface area contributed by atoms with Gasteiger partial charge >= 0.3 is 0 Å². The lowest BCUT2D eigenvalue weighted by atomic mass is 10.0. The number of hydrogen-bond acceptors (Lipinski definition) is 6. The van der Waals surface area contributed by atoms with Crippen LogP contribution in [0.1, 0.15) is 37.6 Å². The number of ether oxygens (including phenoxy) is 1. The normalized spacial score (nSPS) is 11.3. The van der Waals surface area contributed by atoms with Crippen LogP contribution in [0.5, 0.6) is 0 Å². The highest BCUT2D eigenvalue weighted by atomic mass is 16.5. The number of carbonyl (C=O) groups excluding carboxylic acids is 1. The Morgan fingerprint density at radius 1 is 1.31 bits per heavy atom. The lowest BCUT2D eigenvalue weighted by Gasteiger charge is -2.13. The summed E-state index contributed by atoms with van der Waals surface area (Å²) >= 11 is 0. The molecule has 7 heteroatoms. The number of rotatable bonds is 10. The first kappa shape index (κ1) is 20.1. The number of methoxy groups -OCH3 is 1. The van der Waals surface area contributed by atoms with Gasteiger partial charge in [0.1, 0.15) is 0 Å². The Labute approximate surface area is 154 Å². The van der Waals surface area contributed by atoms with Crippen molar-refractivity contribution in [2.45, 2.75) is 32.7 Å². The maximum Gasteiger partial charge on any atom is 0.241 e. The first-order chi connectivity index (χ1) is 12.5. The predicted molar refractivity (Wildman–Crippen MR) is 99.7 cm³/mol. The van der Waals surface area contributed by atoms with Gasteiger partial charge in [0.25, 0.3) is 0 Å². The van der Waals surface area contributed by atoms with Gasteiger partial charge in [-0.1, -0.05) is 43.3 Å². The monoisotopic (exact) mass is 360 g/mol. The second-order valence-corrected chi connectivity index (χ2v) is 6.66. The number of nitrogens with zero attached hydrogens (tertiary/aromatic N) is 3. The first-order valence-electron chi connectivity index (χ1n) is 8.86. The third-order valence-corrected chi connectivity index (χ3v) is 3.97. The van der Waals surface area contributed by atoms with Crippen molar-refractivity contribution in [1.29, 1.82) is 0 Å². The molecule has 1 N–H and O–H groups in total. The molecule has 0 spiro atoms. The average molecular weight is 360 g/mol. The molecule has 0 unspecified atom stereocenters. The molecule has 2 rings (SSSR count). The van der Waals surface area contributed by atoms with Gasteiger partial charge in [0.2, 0.25) is 17.6 Å². The standard InChI is InChI=1S/C19H28N4O3/c1-14(2)15-6-8-16(9-7-15)19-21-18(26-22-19)13-23(3)12-17(24)20-10-5-11-25-4/h6-9,14H,5,10-13H2,1-4H3,(H,20,24). The fourth-order valence-electron chi connectivity index (χ4n) is 2.49. The summed E-state index contributed by atoms with van der Waals surface area (Å²) in [6.07, 6.45) is 0.800. The van der Waals surface area contributed by atoms with Crippen LogP contribution in [0.15, 0.2) is 28.8 Å². The van der Waals surface area contributed by atoms with Crippen molar-refractivity contribution in [3.63, 3.8) is 0 Å². The van der Waals surface area contributed by atoms with Gasteiger partial charge in [-0.2, -0.15) is 4.98 Å². The van der Waals surface area contributed by atoms with Crippen molar-refractivity contribution in [2.24, 2.45) is 0 Å². The van der Waals surface area contributed by atoms with Gasteiger partial charge in [-0.15, -0.1) is 0 Å². The number of hydrogen-bond donors (Lipinski definition) is 1. The van der Waals surface area contributed by atoms with Crippen LogP contribution in [-0.2, 0) is 16.1 Å². The minimum absolute atomic E-state index is 0.0346. The van der Waals surface area contributed by atoms with Gasteiger partial charge in [0, 0.05) is 25.8 Å². The summed E-state index contributed by atoms with van der Waals surface area (Å²) in [6, 6.07) is 8.16. The van der Waals surface area contributed by atoms with Crippen LogP contribution in [0.25, 0.3) is 11.4 Å². The number of nitrogens with one attached hydrogen (secondary N) is 1. The summed E-state index contributed by atoms with van der Waals surface area (Å²) in [7, 11) is 3.49. The fraction of sp³-hybridized carbons (Fsp3) is 0.526. The molecule has 0 aliphatic carbocycles. The lowest BCUT2D eigenvalue weighted by Crippen LogP contribution is -2.35. The largest absolute Gasteiger partial charge is 0.385 e. The molecule has 0 radical (unpaired) electrons. The smallest absolute Gasteiger partial charge is 0.241 e. The van der Waals surface area contributed by atoms with E-state index in [0.29, 0.717) is 37.3 Å².